The number of esters is 1. The maximum Gasteiger partial charge on any atom is 0.311 e. The first-order chi connectivity index (χ1) is 11.9. The summed E-state index contributed by atoms with van der Waals surface area (Å²) in [5, 5.41) is 3.47. The summed E-state index contributed by atoms with van der Waals surface area (Å²) in [7, 11) is 1.49. The summed E-state index contributed by atoms with van der Waals surface area (Å²) in [4.78, 5) is 28.1. The zero-order valence-corrected chi connectivity index (χ0v) is 15.1. The minimum absolute atomic E-state index is 0.0689. The number of anilines is 1. The van der Waals surface area contributed by atoms with Crippen molar-refractivity contribution in [3.8, 4) is 5.75 Å². The Labute approximate surface area is 155 Å². The number of carbonyl (C=O) groups is 2. The highest BCUT2D eigenvalue weighted by Crippen LogP contribution is 2.23. The van der Waals surface area contributed by atoms with E-state index in [9.17, 15) is 9.59 Å². The number of hydrogen-bond acceptors (Lipinski definition) is 5. The summed E-state index contributed by atoms with van der Waals surface area (Å²) < 4.78 is 10.3. The van der Waals surface area contributed by atoms with Crippen LogP contribution >= 0.6 is 23.2 Å². The average molecular weight is 383 g/mol. The Morgan fingerprint density at radius 3 is 2.56 bits per heavy atom. The first-order valence-corrected chi connectivity index (χ1v) is 8.09. The fourth-order valence-electron chi connectivity index (χ4n) is 2.01. The zero-order valence-electron chi connectivity index (χ0n) is 13.6. The van der Waals surface area contributed by atoms with E-state index in [2.05, 4.69) is 10.3 Å². The standard InChI is InChI=1S/C17H16Cl2N2O4/c1-10(17(23)21-15-6-4-13(19)9-20-15)25-16(22)8-11-7-12(18)3-5-14(11)24-2/h3-7,9-10H,8H2,1-2H3,(H,20,21,23)/t10-/m1/s1. The van der Waals surface area contributed by atoms with Crippen LogP contribution in [0.2, 0.25) is 10.0 Å². The summed E-state index contributed by atoms with van der Waals surface area (Å²) in [5.74, 6) is -0.244. The average Bonchev–Trinajstić information content (AvgIpc) is 2.57. The molecule has 2 rings (SSSR count). The Hall–Kier alpha value is -2.31. The second kappa shape index (κ2) is 8.69. The zero-order chi connectivity index (χ0) is 18.4. The third-order valence-electron chi connectivity index (χ3n) is 3.23. The van der Waals surface area contributed by atoms with Gasteiger partial charge >= 0.3 is 5.97 Å². The van der Waals surface area contributed by atoms with Crippen molar-refractivity contribution in [1.29, 1.82) is 0 Å². The van der Waals surface area contributed by atoms with Gasteiger partial charge in [0.2, 0.25) is 0 Å². The fraction of sp³-hybridized carbons (Fsp3) is 0.235. The predicted octanol–water partition coefficient (Wildman–Crippen LogP) is 3.51. The van der Waals surface area contributed by atoms with Crippen molar-refractivity contribution in [1.82, 2.24) is 4.98 Å². The van der Waals surface area contributed by atoms with Crippen LogP contribution < -0.4 is 10.1 Å². The van der Waals surface area contributed by atoms with Crippen molar-refractivity contribution < 1.29 is 19.1 Å². The quantitative estimate of drug-likeness (QED) is 0.773. The molecule has 1 amide bonds. The summed E-state index contributed by atoms with van der Waals surface area (Å²) >= 11 is 11.7. The lowest BCUT2D eigenvalue weighted by Crippen LogP contribution is -2.30. The molecule has 0 aliphatic heterocycles. The van der Waals surface area contributed by atoms with Crippen molar-refractivity contribution in [2.24, 2.45) is 0 Å². The monoisotopic (exact) mass is 382 g/mol. The molecule has 1 atom stereocenters. The fourth-order valence-corrected chi connectivity index (χ4v) is 2.32. The highest BCUT2D eigenvalue weighted by atomic mass is 35.5. The molecule has 0 unspecified atom stereocenters. The number of aromatic nitrogens is 1. The van der Waals surface area contributed by atoms with E-state index in [1.165, 1.54) is 20.2 Å². The minimum Gasteiger partial charge on any atom is -0.496 e. The van der Waals surface area contributed by atoms with Gasteiger partial charge < -0.3 is 14.8 Å². The summed E-state index contributed by atoms with van der Waals surface area (Å²) in [6, 6.07) is 8.07. The van der Waals surface area contributed by atoms with E-state index in [0.29, 0.717) is 27.2 Å². The molecule has 0 saturated carbocycles. The van der Waals surface area contributed by atoms with Crippen LogP contribution in [0.1, 0.15) is 12.5 Å². The molecular formula is C17H16Cl2N2O4. The molecule has 1 heterocycles. The minimum atomic E-state index is -0.991. The SMILES string of the molecule is COc1ccc(Cl)cc1CC(=O)O[C@H](C)C(=O)Nc1ccc(Cl)cn1. The van der Waals surface area contributed by atoms with Gasteiger partial charge in [-0.2, -0.15) is 0 Å². The maximum absolute atomic E-state index is 12.1. The molecule has 2 aromatic rings. The number of nitrogens with one attached hydrogen (secondary N) is 1. The molecule has 0 aliphatic rings. The molecule has 0 saturated heterocycles. The summed E-state index contributed by atoms with van der Waals surface area (Å²) in [6.07, 6.45) is 0.343. The van der Waals surface area contributed by atoms with Crippen molar-refractivity contribution in [3.63, 3.8) is 0 Å². The van der Waals surface area contributed by atoms with Crippen molar-refractivity contribution in [3.05, 3.63) is 52.1 Å². The first-order valence-electron chi connectivity index (χ1n) is 7.33. The number of benzene rings is 1. The van der Waals surface area contributed by atoms with Crippen molar-refractivity contribution >= 4 is 40.9 Å². The van der Waals surface area contributed by atoms with Crippen LogP contribution in [0.4, 0.5) is 5.82 Å². The Bertz CT molecular complexity index is 766. The third-order valence-corrected chi connectivity index (χ3v) is 3.69. The van der Waals surface area contributed by atoms with E-state index in [0.717, 1.165) is 0 Å². The largest absolute Gasteiger partial charge is 0.496 e. The molecule has 0 aliphatic carbocycles. The van der Waals surface area contributed by atoms with Gasteiger partial charge in [-0.1, -0.05) is 23.2 Å². The van der Waals surface area contributed by atoms with Crippen LogP contribution in [0, 0.1) is 0 Å². The van der Waals surface area contributed by atoms with Gasteiger partial charge in [0.1, 0.15) is 11.6 Å². The van der Waals surface area contributed by atoms with E-state index in [-0.39, 0.29) is 6.42 Å². The molecule has 8 heteroatoms. The molecular weight excluding hydrogens is 367 g/mol. The number of nitrogens with zero attached hydrogens (tertiary/aromatic N) is 1. The maximum atomic E-state index is 12.1. The smallest absolute Gasteiger partial charge is 0.311 e. The Morgan fingerprint density at radius 2 is 1.92 bits per heavy atom. The van der Waals surface area contributed by atoms with Gasteiger partial charge in [0, 0.05) is 16.8 Å². The second-order valence-corrected chi connectivity index (χ2v) is 5.99. The van der Waals surface area contributed by atoms with Crippen LogP contribution in [-0.4, -0.2) is 30.1 Å². The third kappa shape index (κ3) is 5.62. The number of halogens is 2. The van der Waals surface area contributed by atoms with Gasteiger partial charge in [-0.15, -0.1) is 0 Å². The van der Waals surface area contributed by atoms with Gasteiger partial charge in [0.05, 0.1) is 18.6 Å². The van der Waals surface area contributed by atoms with Gasteiger partial charge in [-0.3, -0.25) is 9.59 Å². The van der Waals surface area contributed by atoms with Crippen LogP contribution in [0.3, 0.4) is 0 Å². The lowest BCUT2D eigenvalue weighted by molar-refractivity contribution is -0.152. The number of methoxy groups -OCH3 is 1. The van der Waals surface area contributed by atoms with E-state index >= 15 is 0 Å². The predicted molar refractivity (Wildman–Crippen MR) is 95.1 cm³/mol. The molecule has 1 aromatic heterocycles. The number of amides is 1. The van der Waals surface area contributed by atoms with Gasteiger partial charge in [-0.25, -0.2) is 4.98 Å². The lowest BCUT2D eigenvalue weighted by atomic mass is 10.1. The van der Waals surface area contributed by atoms with Crippen LogP contribution in [0.25, 0.3) is 0 Å². The van der Waals surface area contributed by atoms with E-state index < -0.39 is 18.0 Å². The second-order valence-electron chi connectivity index (χ2n) is 5.12. The first kappa shape index (κ1) is 19.0. The highest BCUT2D eigenvalue weighted by Gasteiger charge is 2.19. The molecule has 0 spiro atoms. The van der Waals surface area contributed by atoms with Crippen LogP contribution in [0.15, 0.2) is 36.5 Å². The molecule has 0 bridgehead atoms. The molecule has 0 fully saturated rings. The Balaban J connectivity index is 1.94. The summed E-state index contributed by atoms with van der Waals surface area (Å²) in [6.45, 7) is 1.47. The number of carbonyl (C=O) groups excluding carboxylic acids is 2. The van der Waals surface area contributed by atoms with Crippen molar-refractivity contribution in [2.45, 2.75) is 19.4 Å². The van der Waals surface area contributed by atoms with E-state index in [1.807, 2.05) is 0 Å². The lowest BCUT2D eigenvalue weighted by Gasteiger charge is -2.14. The molecule has 1 N–H and O–H groups in total. The Kier molecular flexibility index (Phi) is 6.61. The molecule has 6 nitrogen and oxygen atoms in total. The van der Waals surface area contributed by atoms with Gasteiger partial charge in [-0.05, 0) is 37.3 Å². The molecule has 25 heavy (non-hydrogen) atoms. The van der Waals surface area contributed by atoms with Gasteiger partial charge in [0.25, 0.3) is 5.91 Å². The highest BCUT2D eigenvalue weighted by molar-refractivity contribution is 6.30. The Morgan fingerprint density at radius 1 is 1.20 bits per heavy atom. The van der Waals surface area contributed by atoms with E-state index in [1.54, 1.807) is 30.3 Å². The summed E-state index contributed by atoms with van der Waals surface area (Å²) in [5.41, 5.74) is 0.576. The molecule has 132 valence electrons. The van der Waals surface area contributed by atoms with E-state index in [4.69, 9.17) is 32.7 Å². The van der Waals surface area contributed by atoms with Crippen molar-refractivity contribution in [2.75, 3.05) is 12.4 Å². The molecule has 1 aromatic carbocycles. The normalized spacial score (nSPS) is 11.5. The molecule has 0 radical (unpaired) electrons. The van der Waals surface area contributed by atoms with Crippen LogP contribution in [-0.2, 0) is 20.7 Å². The van der Waals surface area contributed by atoms with Gasteiger partial charge in [0.15, 0.2) is 6.10 Å². The topological polar surface area (TPSA) is 77.5 Å². The number of rotatable bonds is 6. The number of hydrogen-bond donors (Lipinski definition) is 1. The number of pyridine rings is 1. The number of ether oxygens (including phenoxy) is 2. The van der Waals surface area contributed by atoms with Crippen LogP contribution in [0.5, 0.6) is 5.75 Å².